The van der Waals surface area contributed by atoms with Crippen LogP contribution >= 0.6 is 0 Å². The first-order valence-electron chi connectivity index (χ1n) is 8.63. The summed E-state index contributed by atoms with van der Waals surface area (Å²) in [5.74, 6) is 0.919. The third-order valence-corrected chi connectivity index (χ3v) is 4.82. The van der Waals surface area contributed by atoms with Crippen molar-refractivity contribution >= 4 is 29.4 Å². The van der Waals surface area contributed by atoms with Crippen LogP contribution in [0, 0.1) is 5.92 Å². The number of anilines is 2. The Kier molecular flexibility index (Phi) is 3.85. The molecule has 1 heterocycles. The van der Waals surface area contributed by atoms with Crippen molar-refractivity contribution in [2.24, 2.45) is 5.92 Å². The van der Waals surface area contributed by atoms with Crippen molar-refractivity contribution in [1.29, 1.82) is 0 Å². The standard InChI is InChI=1S/C21H22N2O/c1-15(24)23-14-19-10-11-20(22-13-16-6-7-16)12-18(19)9-8-17-4-2-3-5-21(17)23/h2-5,8-12,16,22H,6-7,13-14H2,1H3/b9-8-. The minimum atomic E-state index is 0.0691. The van der Waals surface area contributed by atoms with Crippen LogP contribution in [-0.4, -0.2) is 12.5 Å². The molecule has 4 rings (SSSR count). The third kappa shape index (κ3) is 3.07. The Labute approximate surface area is 143 Å². The van der Waals surface area contributed by atoms with E-state index < -0.39 is 0 Å². The fraction of sp³-hybridized carbons (Fsp3) is 0.286. The van der Waals surface area contributed by atoms with E-state index in [1.807, 2.05) is 23.1 Å². The van der Waals surface area contributed by atoms with Crippen LogP contribution in [0.25, 0.3) is 12.2 Å². The number of amides is 1. The van der Waals surface area contributed by atoms with Gasteiger partial charge in [-0.2, -0.15) is 0 Å². The summed E-state index contributed by atoms with van der Waals surface area (Å²) < 4.78 is 0. The summed E-state index contributed by atoms with van der Waals surface area (Å²) in [6, 6.07) is 14.5. The summed E-state index contributed by atoms with van der Waals surface area (Å²) in [6.07, 6.45) is 6.96. The van der Waals surface area contributed by atoms with Crippen molar-refractivity contribution in [3.63, 3.8) is 0 Å². The zero-order valence-electron chi connectivity index (χ0n) is 14.0. The molecule has 2 aliphatic rings. The van der Waals surface area contributed by atoms with Crippen molar-refractivity contribution in [2.45, 2.75) is 26.3 Å². The molecular weight excluding hydrogens is 296 g/mol. The molecule has 1 aliphatic carbocycles. The highest BCUT2D eigenvalue weighted by Gasteiger charge is 2.21. The molecule has 0 radical (unpaired) electrons. The molecule has 0 saturated heterocycles. The van der Waals surface area contributed by atoms with Gasteiger partial charge in [0.2, 0.25) is 5.91 Å². The van der Waals surface area contributed by atoms with E-state index in [0.717, 1.165) is 29.4 Å². The molecule has 0 unspecified atom stereocenters. The van der Waals surface area contributed by atoms with E-state index in [4.69, 9.17) is 0 Å². The molecule has 3 nitrogen and oxygen atoms in total. The Bertz CT molecular complexity index is 805. The second kappa shape index (κ2) is 6.16. The van der Waals surface area contributed by atoms with E-state index in [0.29, 0.717) is 6.54 Å². The Balaban J connectivity index is 1.70. The molecule has 0 aromatic heterocycles. The lowest BCUT2D eigenvalue weighted by Gasteiger charge is -2.26. The second-order valence-corrected chi connectivity index (χ2v) is 6.74. The van der Waals surface area contributed by atoms with Gasteiger partial charge in [-0.05, 0) is 53.6 Å². The number of benzene rings is 2. The fourth-order valence-corrected chi connectivity index (χ4v) is 3.18. The van der Waals surface area contributed by atoms with Crippen LogP contribution in [0.3, 0.4) is 0 Å². The van der Waals surface area contributed by atoms with Gasteiger partial charge in [0.25, 0.3) is 0 Å². The molecule has 0 atom stereocenters. The molecule has 0 bridgehead atoms. The highest BCUT2D eigenvalue weighted by atomic mass is 16.2. The minimum Gasteiger partial charge on any atom is -0.385 e. The lowest BCUT2D eigenvalue weighted by molar-refractivity contribution is -0.116. The van der Waals surface area contributed by atoms with E-state index in [1.165, 1.54) is 24.0 Å². The van der Waals surface area contributed by atoms with Crippen molar-refractivity contribution in [3.05, 3.63) is 59.2 Å². The van der Waals surface area contributed by atoms with Crippen molar-refractivity contribution in [1.82, 2.24) is 0 Å². The lowest BCUT2D eigenvalue weighted by atomic mass is 10.0. The first-order chi connectivity index (χ1) is 11.7. The molecule has 1 N–H and O–H groups in total. The van der Waals surface area contributed by atoms with Gasteiger partial charge >= 0.3 is 0 Å². The zero-order chi connectivity index (χ0) is 16.5. The van der Waals surface area contributed by atoms with Crippen molar-refractivity contribution in [2.75, 3.05) is 16.8 Å². The van der Waals surface area contributed by atoms with Gasteiger partial charge in [-0.1, -0.05) is 36.4 Å². The normalized spacial score (nSPS) is 17.3. The molecule has 1 amide bonds. The Hall–Kier alpha value is -2.55. The molecular formula is C21H22N2O. The molecule has 2 aromatic rings. The van der Waals surface area contributed by atoms with Crippen LogP contribution in [-0.2, 0) is 11.3 Å². The van der Waals surface area contributed by atoms with Gasteiger partial charge in [-0.3, -0.25) is 4.79 Å². The summed E-state index contributed by atoms with van der Waals surface area (Å²) in [7, 11) is 0. The van der Waals surface area contributed by atoms with E-state index in [2.05, 4.69) is 41.7 Å². The predicted octanol–water partition coefficient (Wildman–Crippen LogP) is 4.55. The van der Waals surface area contributed by atoms with Gasteiger partial charge < -0.3 is 10.2 Å². The van der Waals surface area contributed by atoms with E-state index in [-0.39, 0.29) is 5.91 Å². The van der Waals surface area contributed by atoms with Crippen LogP contribution in [0.15, 0.2) is 42.5 Å². The Morgan fingerprint density at radius 1 is 1.12 bits per heavy atom. The highest BCUT2D eigenvalue weighted by Crippen LogP contribution is 2.31. The predicted molar refractivity (Wildman–Crippen MR) is 99.9 cm³/mol. The van der Waals surface area contributed by atoms with Crippen LogP contribution < -0.4 is 10.2 Å². The van der Waals surface area contributed by atoms with Crippen LogP contribution in [0.1, 0.15) is 36.5 Å². The molecule has 24 heavy (non-hydrogen) atoms. The topological polar surface area (TPSA) is 32.3 Å². The number of rotatable bonds is 3. The Morgan fingerprint density at radius 2 is 1.92 bits per heavy atom. The first-order valence-corrected chi connectivity index (χ1v) is 8.63. The van der Waals surface area contributed by atoms with Crippen molar-refractivity contribution < 1.29 is 4.79 Å². The number of nitrogens with zero attached hydrogens (tertiary/aromatic N) is 1. The minimum absolute atomic E-state index is 0.0691. The van der Waals surface area contributed by atoms with E-state index in [1.54, 1.807) is 6.92 Å². The van der Waals surface area contributed by atoms with E-state index >= 15 is 0 Å². The molecule has 1 aliphatic heterocycles. The number of para-hydroxylation sites is 1. The van der Waals surface area contributed by atoms with E-state index in [9.17, 15) is 4.79 Å². The van der Waals surface area contributed by atoms with Gasteiger partial charge in [0.1, 0.15) is 0 Å². The van der Waals surface area contributed by atoms with Gasteiger partial charge in [0.15, 0.2) is 0 Å². The van der Waals surface area contributed by atoms with Gasteiger partial charge in [0, 0.05) is 19.2 Å². The van der Waals surface area contributed by atoms with Crippen LogP contribution in [0.5, 0.6) is 0 Å². The summed E-state index contributed by atoms with van der Waals surface area (Å²) in [6.45, 7) is 3.30. The maximum absolute atomic E-state index is 12.2. The second-order valence-electron chi connectivity index (χ2n) is 6.74. The van der Waals surface area contributed by atoms with Gasteiger partial charge in [-0.25, -0.2) is 0 Å². The van der Waals surface area contributed by atoms with Crippen LogP contribution in [0.4, 0.5) is 11.4 Å². The molecule has 2 aromatic carbocycles. The maximum atomic E-state index is 12.2. The summed E-state index contributed by atoms with van der Waals surface area (Å²) in [5, 5.41) is 3.53. The summed E-state index contributed by atoms with van der Waals surface area (Å²) in [4.78, 5) is 14.0. The summed E-state index contributed by atoms with van der Waals surface area (Å²) in [5.41, 5.74) is 5.57. The molecule has 1 fully saturated rings. The number of hydrogen-bond donors (Lipinski definition) is 1. The quantitative estimate of drug-likeness (QED) is 0.900. The molecule has 3 heteroatoms. The largest absolute Gasteiger partial charge is 0.385 e. The van der Waals surface area contributed by atoms with Crippen LogP contribution in [0.2, 0.25) is 0 Å². The van der Waals surface area contributed by atoms with Gasteiger partial charge in [0.05, 0.1) is 12.2 Å². The average Bonchev–Trinajstić information content (AvgIpc) is 3.39. The van der Waals surface area contributed by atoms with Crippen molar-refractivity contribution in [3.8, 4) is 0 Å². The molecule has 1 saturated carbocycles. The third-order valence-electron chi connectivity index (χ3n) is 4.82. The average molecular weight is 318 g/mol. The smallest absolute Gasteiger partial charge is 0.224 e. The maximum Gasteiger partial charge on any atom is 0.224 e. The van der Waals surface area contributed by atoms with Gasteiger partial charge in [-0.15, -0.1) is 0 Å². The lowest BCUT2D eigenvalue weighted by Crippen LogP contribution is -2.29. The number of nitrogens with one attached hydrogen (secondary N) is 1. The SMILES string of the molecule is CC(=O)N1Cc2ccc(NCC3CC3)cc2/C=C\c2ccccc21. The highest BCUT2D eigenvalue weighted by molar-refractivity contribution is 5.95. The zero-order valence-corrected chi connectivity index (χ0v) is 14.0. The number of hydrogen-bond acceptors (Lipinski definition) is 2. The number of carbonyl (C=O) groups excluding carboxylic acids is 1. The molecule has 0 spiro atoms. The number of fused-ring (bicyclic) bond motifs is 2. The molecule has 122 valence electrons. The Morgan fingerprint density at radius 3 is 2.71 bits per heavy atom. The summed E-state index contributed by atoms with van der Waals surface area (Å²) >= 11 is 0. The fourth-order valence-electron chi connectivity index (χ4n) is 3.18. The number of carbonyl (C=O) groups is 1. The monoisotopic (exact) mass is 318 g/mol. The first kappa shape index (κ1) is 15.0.